The van der Waals surface area contributed by atoms with Crippen LogP contribution in [-0.4, -0.2) is 39.0 Å². The molecule has 2 heterocycles. The van der Waals surface area contributed by atoms with Gasteiger partial charge in [-0.15, -0.1) is 0 Å². The number of carbonyl (C=O) groups excluding carboxylic acids is 1. The van der Waals surface area contributed by atoms with Crippen LogP contribution in [-0.2, 0) is 11.8 Å². The van der Waals surface area contributed by atoms with Crippen LogP contribution in [0.25, 0.3) is 0 Å². The van der Waals surface area contributed by atoms with Gasteiger partial charge in [0.1, 0.15) is 11.7 Å². The van der Waals surface area contributed by atoms with E-state index in [9.17, 15) is 14.7 Å². The Morgan fingerprint density at radius 1 is 1.33 bits per heavy atom. The first kappa shape index (κ1) is 12.7. The average Bonchev–Trinajstić information content (AvgIpc) is 2.69. The number of aliphatic carboxylic acids is 1. The molecule has 1 aromatic rings. The van der Waals surface area contributed by atoms with E-state index < -0.39 is 12.0 Å². The van der Waals surface area contributed by atoms with Crippen molar-refractivity contribution in [1.82, 2.24) is 9.47 Å². The van der Waals surface area contributed by atoms with E-state index >= 15 is 0 Å². The monoisotopic (exact) mass is 250 g/mol. The summed E-state index contributed by atoms with van der Waals surface area (Å²) < 4.78 is 1.80. The van der Waals surface area contributed by atoms with Gasteiger partial charge >= 0.3 is 5.97 Å². The first-order valence-electron chi connectivity index (χ1n) is 6.18. The Labute approximate surface area is 106 Å². The topological polar surface area (TPSA) is 62.5 Å². The lowest BCUT2D eigenvalue weighted by molar-refractivity contribution is -0.143. The molecule has 1 saturated heterocycles. The van der Waals surface area contributed by atoms with Crippen LogP contribution < -0.4 is 0 Å². The lowest BCUT2D eigenvalue weighted by atomic mass is 10.0. The van der Waals surface area contributed by atoms with Gasteiger partial charge < -0.3 is 14.6 Å². The van der Waals surface area contributed by atoms with Gasteiger partial charge in [0.05, 0.1) is 0 Å². The summed E-state index contributed by atoms with van der Waals surface area (Å²) in [5.41, 5.74) is 1.54. The number of carboxylic acid groups (broad SMARTS) is 1. The van der Waals surface area contributed by atoms with Crippen molar-refractivity contribution in [2.45, 2.75) is 32.2 Å². The van der Waals surface area contributed by atoms with Crippen molar-refractivity contribution in [2.24, 2.45) is 7.05 Å². The van der Waals surface area contributed by atoms with Crippen LogP contribution >= 0.6 is 0 Å². The van der Waals surface area contributed by atoms with Crippen molar-refractivity contribution in [3.05, 3.63) is 23.5 Å². The Kier molecular flexibility index (Phi) is 3.41. The van der Waals surface area contributed by atoms with E-state index in [2.05, 4.69) is 0 Å². The number of aromatic nitrogens is 1. The zero-order chi connectivity index (χ0) is 13.3. The van der Waals surface area contributed by atoms with Gasteiger partial charge in [-0.25, -0.2) is 4.79 Å². The summed E-state index contributed by atoms with van der Waals surface area (Å²) >= 11 is 0. The van der Waals surface area contributed by atoms with Gasteiger partial charge in [0.2, 0.25) is 0 Å². The first-order valence-corrected chi connectivity index (χ1v) is 6.18. The molecular formula is C13H18N2O3. The third-order valence-electron chi connectivity index (χ3n) is 3.64. The van der Waals surface area contributed by atoms with Crippen LogP contribution in [0.5, 0.6) is 0 Å². The number of piperidine rings is 1. The molecule has 0 bridgehead atoms. The molecule has 0 saturated carbocycles. The first-order chi connectivity index (χ1) is 8.52. The molecule has 0 aromatic carbocycles. The SMILES string of the molecule is Cc1ccc(C(=O)N2CCCCC2C(=O)O)n1C. The number of carbonyl (C=O) groups is 2. The van der Waals surface area contributed by atoms with Gasteiger partial charge in [0.25, 0.3) is 5.91 Å². The Bertz CT molecular complexity index is 479. The lowest BCUT2D eigenvalue weighted by Crippen LogP contribution is -2.48. The molecule has 0 spiro atoms. The second kappa shape index (κ2) is 4.84. The molecule has 98 valence electrons. The smallest absolute Gasteiger partial charge is 0.326 e. The number of hydrogen-bond donors (Lipinski definition) is 1. The summed E-state index contributed by atoms with van der Waals surface area (Å²) in [6.45, 7) is 2.45. The molecule has 18 heavy (non-hydrogen) atoms. The highest BCUT2D eigenvalue weighted by Crippen LogP contribution is 2.20. The summed E-state index contributed by atoms with van der Waals surface area (Å²) in [5.74, 6) is -1.09. The fourth-order valence-electron chi connectivity index (χ4n) is 2.41. The number of likely N-dealkylation sites (tertiary alicyclic amines) is 1. The van der Waals surface area contributed by atoms with E-state index in [1.807, 2.05) is 20.0 Å². The molecule has 5 heteroatoms. The minimum Gasteiger partial charge on any atom is -0.480 e. The maximum absolute atomic E-state index is 12.4. The molecule has 5 nitrogen and oxygen atoms in total. The summed E-state index contributed by atoms with van der Waals surface area (Å²) in [6.07, 6.45) is 2.29. The number of hydrogen-bond acceptors (Lipinski definition) is 2. The van der Waals surface area contributed by atoms with Gasteiger partial charge in [-0.05, 0) is 38.3 Å². The molecule has 2 rings (SSSR count). The zero-order valence-electron chi connectivity index (χ0n) is 10.7. The normalized spacial score (nSPS) is 19.9. The van der Waals surface area contributed by atoms with E-state index in [1.165, 1.54) is 4.90 Å². The Morgan fingerprint density at radius 2 is 2.06 bits per heavy atom. The number of carboxylic acids is 1. The van der Waals surface area contributed by atoms with Crippen LogP contribution in [0.4, 0.5) is 0 Å². The predicted octanol–water partition coefficient (Wildman–Crippen LogP) is 1.41. The number of rotatable bonds is 2. The highest BCUT2D eigenvalue weighted by Gasteiger charge is 2.33. The average molecular weight is 250 g/mol. The van der Waals surface area contributed by atoms with Gasteiger partial charge in [0, 0.05) is 19.3 Å². The summed E-state index contributed by atoms with van der Waals surface area (Å²) in [4.78, 5) is 25.1. The molecule has 1 amide bonds. The molecule has 1 fully saturated rings. The van der Waals surface area contributed by atoms with Crippen molar-refractivity contribution in [3.8, 4) is 0 Å². The second-order valence-electron chi connectivity index (χ2n) is 4.77. The van der Waals surface area contributed by atoms with Crippen molar-refractivity contribution >= 4 is 11.9 Å². The third-order valence-corrected chi connectivity index (χ3v) is 3.64. The van der Waals surface area contributed by atoms with Gasteiger partial charge in [0.15, 0.2) is 0 Å². The zero-order valence-corrected chi connectivity index (χ0v) is 10.7. The largest absolute Gasteiger partial charge is 0.480 e. The minimum absolute atomic E-state index is 0.183. The van der Waals surface area contributed by atoms with Crippen molar-refractivity contribution in [3.63, 3.8) is 0 Å². The molecular weight excluding hydrogens is 232 g/mol. The van der Waals surface area contributed by atoms with E-state index in [0.717, 1.165) is 18.5 Å². The molecule has 0 aliphatic carbocycles. The fraction of sp³-hybridized carbons (Fsp3) is 0.538. The highest BCUT2D eigenvalue weighted by molar-refractivity contribution is 5.95. The molecule has 1 atom stereocenters. The van der Waals surface area contributed by atoms with Crippen molar-refractivity contribution in [2.75, 3.05) is 6.54 Å². The summed E-state index contributed by atoms with van der Waals surface area (Å²) in [7, 11) is 1.82. The van der Waals surface area contributed by atoms with Crippen LogP contribution in [0.2, 0.25) is 0 Å². The molecule has 1 aliphatic rings. The van der Waals surface area contributed by atoms with Crippen molar-refractivity contribution < 1.29 is 14.7 Å². The van der Waals surface area contributed by atoms with E-state index in [-0.39, 0.29) is 5.91 Å². The van der Waals surface area contributed by atoms with Gasteiger partial charge in [-0.3, -0.25) is 4.79 Å². The molecule has 1 aromatic heterocycles. The maximum Gasteiger partial charge on any atom is 0.326 e. The maximum atomic E-state index is 12.4. The van der Waals surface area contributed by atoms with Gasteiger partial charge in [-0.1, -0.05) is 0 Å². The quantitative estimate of drug-likeness (QED) is 0.863. The lowest BCUT2D eigenvalue weighted by Gasteiger charge is -2.33. The molecule has 1 aliphatic heterocycles. The number of aryl methyl sites for hydroxylation is 1. The Balaban J connectivity index is 2.26. The Morgan fingerprint density at radius 3 is 2.61 bits per heavy atom. The van der Waals surface area contributed by atoms with E-state index in [0.29, 0.717) is 18.7 Å². The van der Waals surface area contributed by atoms with Crippen LogP contribution in [0.15, 0.2) is 12.1 Å². The van der Waals surface area contributed by atoms with E-state index in [4.69, 9.17) is 0 Å². The molecule has 1 unspecified atom stereocenters. The van der Waals surface area contributed by atoms with Crippen LogP contribution in [0.1, 0.15) is 35.4 Å². The van der Waals surface area contributed by atoms with Crippen LogP contribution in [0, 0.1) is 6.92 Å². The molecule has 0 radical (unpaired) electrons. The van der Waals surface area contributed by atoms with E-state index in [1.54, 1.807) is 10.6 Å². The predicted molar refractivity (Wildman–Crippen MR) is 66.5 cm³/mol. The second-order valence-corrected chi connectivity index (χ2v) is 4.77. The highest BCUT2D eigenvalue weighted by atomic mass is 16.4. The summed E-state index contributed by atoms with van der Waals surface area (Å²) in [6, 6.07) is 2.94. The summed E-state index contributed by atoms with van der Waals surface area (Å²) in [5, 5.41) is 9.18. The van der Waals surface area contributed by atoms with Crippen LogP contribution in [0.3, 0.4) is 0 Å². The fourth-order valence-corrected chi connectivity index (χ4v) is 2.41. The Hall–Kier alpha value is -1.78. The molecule has 1 N–H and O–H groups in total. The standard InChI is InChI=1S/C13H18N2O3/c1-9-6-7-10(14(9)2)12(16)15-8-4-3-5-11(15)13(17)18/h6-7,11H,3-5,8H2,1-2H3,(H,17,18). The van der Waals surface area contributed by atoms with Gasteiger partial charge in [-0.2, -0.15) is 0 Å². The third kappa shape index (κ3) is 2.12. The number of nitrogens with zero attached hydrogens (tertiary/aromatic N) is 2. The minimum atomic E-state index is -0.908. The van der Waals surface area contributed by atoms with Crippen molar-refractivity contribution in [1.29, 1.82) is 0 Å². The number of amides is 1.